The molecule has 658 valence electrons. The van der Waals surface area contributed by atoms with Gasteiger partial charge in [-0.15, -0.1) is 216 Å². The van der Waals surface area contributed by atoms with Gasteiger partial charge in [-0.2, -0.15) is 0 Å². The molecule has 18 rings (SSSR count). The van der Waals surface area contributed by atoms with E-state index in [9.17, 15) is 32.3 Å². The molecule has 2 N–H and O–H groups in total. The van der Waals surface area contributed by atoms with Crippen LogP contribution in [-0.4, -0.2) is 78.6 Å². The van der Waals surface area contributed by atoms with Crippen LogP contribution in [0, 0.1) is 73.8 Å². The Balaban J connectivity index is 0.000000368. The van der Waals surface area contributed by atoms with E-state index in [-0.39, 0.29) is 161 Å². The van der Waals surface area contributed by atoms with Crippen molar-refractivity contribution in [3.63, 3.8) is 0 Å². The molecule has 0 bridgehead atoms. The zero-order valence-electron chi connectivity index (χ0n) is 68.8. The van der Waals surface area contributed by atoms with Crippen LogP contribution in [0.5, 0.6) is 0 Å². The molecule has 0 aliphatic heterocycles. The van der Waals surface area contributed by atoms with Gasteiger partial charge in [-0.05, 0) is 151 Å². The summed E-state index contributed by atoms with van der Waals surface area (Å²) in [6.07, 6.45) is 13.4. The van der Waals surface area contributed by atoms with Crippen molar-refractivity contribution in [2.24, 2.45) is 0 Å². The standard InChI is InChI=1S/C16H12N.C15H10N.C12H10N.C11H6F2N.C11H7FN.2C11H8N.2C6H5NO2.C5H8O2.6Ir/c1-12-11-16(13-7-3-2-4-8-13)17-15-10-6-5-9-14(12)15;1-2-7-13(8-3-1)15-14-9-5-4-6-12(14)10-11-16-15;1-10-7-8-13-12(9-10)11-5-3-2-4-6-11;12-8-4-5-9(10(13)7-8)11-3-1-2-6-14-11;12-10-6-2-1-5-9(10)11-7-3-4-8-13-11;2*1-2-6-10(7-3-1)11-8-4-5-9-12-11;2*8-6(9)5-3-1-2-4-7-5;1-4(6)3-5(2)7;;;;;;/h2-7,9-11H,1H3;1-7,9-11H;2-5,7-9H,1H3;1-4,6-7H;1-4,6-8H;2*1-6,8-9H;2*1-4H,(H,8,9);3H2,1-2H3;;;;;;/q7*-1;;;;;;;;;. The van der Waals surface area contributed by atoms with Crippen LogP contribution in [0.25, 0.3) is 100 Å². The number of ketones is 2. The van der Waals surface area contributed by atoms with E-state index in [0.29, 0.717) is 17.0 Å². The number of hydrogen-bond acceptors (Lipinski definition) is 13. The third-order valence-electron chi connectivity index (χ3n) is 16.5. The quantitative estimate of drug-likeness (QED) is 0.0907. The van der Waals surface area contributed by atoms with Crippen molar-refractivity contribution in [1.82, 2.24) is 44.9 Å². The minimum Gasteiger partial charge on any atom is -0.477 e. The number of carbonyl (C=O) groups excluding carboxylic acids is 2. The molecule has 0 aliphatic rings. The summed E-state index contributed by atoms with van der Waals surface area (Å²) in [6, 6.07) is 124. The topological polar surface area (TPSA) is 225 Å². The van der Waals surface area contributed by atoms with Gasteiger partial charge in [0, 0.05) is 193 Å². The third-order valence-corrected chi connectivity index (χ3v) is 16.5. The van der Waals surface area contributed by atoms with E-state index in [1.54, 1.807) is 91.5 Å². The monoisotopic (exact) mass is 2760 g/mol. The second kappa shape index (κ2) is 62.1. The normalized spacial score (nSPS) is 9.37. The van der Waals surface area contributed by atoms with E-state index in [1.165, 1.54) is 71.7 Å². The maximum atomic E-state index is 13.2. The molecule has 18 aromatic rings. The van der Waals surface area contributed by atoms with Crippen LogP contribution in [-0.2, 0) is 130 Å². The number of Topliss-reactive ketones (excluding diaryl/α,β-unsaturated/α-hetero) is 2. The molecular weight excluding hydrogens is 2680 g/mol. The molecular formula is C104H79F3Ir6N9O6-7. The number of carboxylic acids is 2. The Morgan fingerprint density at radius 3 is 1.08 bits per heavy atom. The molecule has 24 heteroatoms. The smallest absolute Gasteiger partial charge is 0.354 e. The number of fused-ring (bicyclic) bond motifs is 2. The van der Waals surface area contributed by atoms with Crippen LogP contribution >= 0.6 is 0 Å². The summed E-state index contributed by atoms with van der Waals surface area (Å²) in [6.45, 7) is 6.99. The maximum absolute atomic E-state index is 13.2. The summed E-state index contributed by atoms with van der Waals surface area (Å²) in [5.74, 6) is -3.68. The van der Waals surface area contributed by atoms with Gasteiger partial charge in [-0.3, -0.25) is 27.7 Å². The molecule has 9 heterocycles. The first-order valence-corrected chi connectivity index (χ1v) is 37.9. The van der Waals surface area contributed by atoms with Crippen molar-refractivity contribution >= 4 is 45.2 Å². The van der Waals surface area contributed by atoms with Crippen molar-refractivity contribution in [2.75, 3.05) is 0 Å². The van der Waals surface area contributed by atoms with Crippen molar-refractivity contribution in [2.45, 2.75) is 34.1 Å². The molecule has 0 fully saturated rings. The van der Waals surface area contributed by atoms with Gasteiger partial charge in [-0.1, -0.05) is 138 Å². The predicted octanol–water partition coefficient (Wildman–Crippen LogP) is 23.3. The number of aryl methyl sites for hydroxylation is 2. The number of halogens is 3. The number of nitrogens with zero attached hydrogens (tertiary/aromatic N) is 9. The molecule has 0 spiro atoms. The molecule has 128 heavy (non-hydrogen) atoms. The summed E-state index contributed by atoms with van der Waals surface area (Å²) in [5.41, 5.74) is 15.5. The molecule has 0 saturated heterocycles. The van der Waals surface area contributed by atoms with Crippen LogP contribution in [0.3, 0.4) is 0 Å². The van der Waals surface area contributed by atoms with E-state index >= 15 is 0 Å². The fourth-order valence-electron chi connectivity index (χ4n) is 10.9. The van der Waals surface area contributed by atoms with Crippen LogP contribution in [0.2, 0.25) is 0 Å². The van der Waals surface area contributed by atoms with Gasteiger partial charge in [0.2, 0.25) is 0 Å². The van der Waals surface area contributed by atoms with Gasteiger partial charge in [0.1, 0.15) is 23.0 Å². The van der Waals surface area contributed by atoms with E-state index in [1.807, 2.05) is 213 Å². The zero-order chi connectivity index (χ0) is 86.3. The van der Waals surface area contributed by atoms with Crippen LogP contribution < -0.4 is 0 Å². The first-order valence-electron chi connectivity index (χ1n) is 37.9. The van der Waals surface area contributed by atoms with Gasteiger partial charge < -0.3 is 40.1 Å². The predicted molar refractivity (Wildman–Crippen MR) is 472 cm³/mol. The molecule has 0 unspecified atom stereocenters. The Morgan fingerprint density at radius 2 is 0.688 bits per heavy atom. The van der Waals surface area contributed by atoms with Crippen molar-refractivity contribution in [3.05, 3.63) is 466 Å². The number of hydrogen-bond donors (Lipinski definition) is 2. The second-order valence-electron chi connectivity index (χ2n) is 25.7. The van der Waals surface area contributed by atoms with Crippen molar-refractivity contribution < 1.29 is 163 Å². The Morgan fingerprint density at radius 1 is 0.312 bits per heavy atom. The summed E-state index contributed by atoms with van der Waals surface area (Å²) < 4.78 is 39.0. The number of aromatic nitrogens is 9. The number of rotatable bonds is 11. The van der Waals surface area contributed by atoms with Gasteiger partial charge in [0.25, 0.3) is 0 Å². The number of benzene rings is 9. The number of carboxylic acid groups (broad SMARTS) is 2. The van der Waals surface area contributed by atoms with E-state index in [2.05, 4.69) is 138 Å². The molecule has 0 atom stereocenters. The van der Waals surface area contributed by atoms with Crippen LogP contribution in [0.4, 0.5) is 13.2 Å². The fourth-order valence-corrected chi connectivity index (χ4v) is 10.9. The Labute approximate surface area is 824 Å². The molecule has 15 nitrogen and oxygen atoms in total. The molecule has 9 aromatic heterocycles. The Bertz CT molecular complexity index is 5980. The molecule has 0 amide bonds. The summed E-state index contributed by atoms with van der Waals surface area (Å²) in [5, 5.41) is 20.2. The summed E-state index contributed by atoms with van der Waals surface area (Å²) in [4.78, 5) is 77.3. The molecule has 0 saturated carbocycles. The molecule has 0 aliphatic carbocycles. The van der Waals surface area contributed by atoms with Crippen molar-refractivity contribution in [3.8, 4) is 78.8 Å². The minimum atomic E-state index is -0.990. The van der Waals surface area contributed by atoms with E-state index in [0.717, 1.165) is 73.9 Å². The average Bonchev–Trinajstić information content (AvgIpc) is 0.808. The Kier molecular flexibility index (Phi) is 53.3. The first kappa shape index (κ1) is 110. The van der Waals surface area contributed by atoms with Gasteiger partial charge >= 0.3 is 11.9 Å². The SMILES string of the molecule is CC(=O)CC(C)=O.Cc1cc(-c2[c-]cccc2)nc2ccccc12.Cc1ccnc(-c2[c-]cccc2)c1.Fc1c[c-]c(-c2ccccn2)c(F)c1.Fc1ccc[c-]c1-c1ccccn1.O=C(O)c1ccccn1.O=C(O)c1ccccn1.[Ir].[Ir].[Ir].[Ir].[Ir].[Ir].[c-]1ccccc1-c1ccccn1.[c-]1ccccc1-c1ccccn1.[c-]1ccccc1-c1nccc2ccccc12. The third kappa shape index (κ3) is 38.6. The fraction of sp³-hybridized carbons (Fsp3) is 0.0481. The molecule has 9 aromatic carbocycles. The number of carbonyl (C=O) groups is 4. The largest absolute Gasteiger partial charge is 0.477 e. The average molecular weight is 2760 g/mol. The summed E-state index contributed by atoms with van der Waals surface area (Å²) >= 11 is 0. The van der Waals surface area contributed by atoms with E-state index in [4.69, 9.17) is 10.2 Å². The van der Waals surface area contributed by atoms with Gasteiger partial charge in [-0.25, -0.2) is 19.6 Å². The maximum Gasteiger partial charge on any atom is 0.354 e. The van der Waals surface area contributed by atoms with E-state index < -0.39 is 23.6 Å². The second-order valence-corrected chi connectivity index (χ2v) is 25.7. The summed E-state index contributed by atoms with van der Waals surface area (Å²) in [7, 11) is 0. The van der Waals surface area contributed by atoms with Gasteiger partial charge in [0.05, 0.1) is 11.9 Å². The van der Waals surface area contributed by atoms with Crippen molar-refractivity contribution in [1.29, 1.82) is 0 Å². The first-order chi connectivity index (χ1) is 59.5. The number of aromatic carboxylic acids is 2. The minimum absolute atomic E-state index is 0. The Hall–Kier alpha value is -12.2. The number of para-hydroxylation sites is 1. The molecule has 6 radical (unpaired) electrons. The van der Waals surface area contributed by atoms with Crippen LogP contribution in [0.15, 0.2) is 383 Å². The van der Waals surface area contributed by atoms with Gasteiger partial charge in [0.15, 0.2) is 0 Å². The zero-order valence-corrected chi connectivity index (χ0v) is 83.1. The van der Waals surface area contributed by atoms with Crippen LogP contribution in [0.1, 0.15) is 52.4 Å². The number of pyridine rings is 9.